The van der Waals surface area contributed by atoms with E-state index in [1.165, 1.54) is 0 Å². The van der Waals surface area contributed by atoms with Crippen LogP contribution in [0.1, 0.15) is 30.0 Å². The van der Waals surface area contributed by atoms with Gasteiger partial charge in [-0.3, -0.25) is 4.57 Å². The maximum atomic E-state index is 12.2. The molecule has 0 spiro atoms. The first-order valence-electron chi connectivity index (χ1n) is 6.56. The summed E-state index contributed by atoms with van der Waals surface area (Å²) in [7, 11) is 0. The molecule has 1 aliphatic rings. The van der Waals surface area contributed by atoms with Gasteiger partial charge in [-0.25, -0.2) is 4.79 Å². The minimum Gasteiger partial charge on any atom is -0.317 e. The number of nitrogens with one attached hydrogen (secondary N) is 2. The molecular formula is C14H16N4O. The maximum Gasteiger partial charge on any atom is 0.326 e. The number of nitrogens with zero attached hydrogens (tertiary/aromatic N) is 2. The Labute approximate surface area is 110 Å². The Hall–Kier alpha value is -2.06. The molecule has 5 nitrogen and oxygen atoms in total. The molecule has 1 aromatic heterocycles. The lowest BCUT2D eigenvalue weighted by Gasteiger charge is -2.23. The van der Waals surface area contributed by atoms with Crippen molar-refractivity contribution in [1.29, 1.82) is 5.26 Å². The summed E-state index contributed by atoms with van der Waals surface area (Å²) in [5.41, 5.74) is 3.12. The highest BCUT2D eigenvalue weighted by molar-refractivity contribution is 5.78. The molecule has 0 radical (unpaired) electrons. The number of aromatic nitrogens is 2. The number of fused-ring (bicyclic) bond motifs is 1. The topological polar surface area (TPSA) is 73.6 Å². The third kappa shape index (κ3) is 1.94. The van der Waals surface area contributed by atoms with Gasteiger partial charge < -0.3 is 10.3 Å². The van der Waals surface area contributed by atoms with Crippen LogP contribution in [0, 0.1) is 18.3 Å². The number of H-pyrrole nitrogens is 1. The number of nitriles is 1. The molecule has 3 rings (SSSR count). The number of aromatic amines is 1. The fourth-order valence-electron chi connectivity index (χ4n) is 2.82. The van der Waals surface area contributed by atoms with Gasteiger partial charge in [0.2, 0.25) is 0 Å². The van der Waals surface area contributed by atoms with Crippen molar-refractivity contribution in [3.8, 4) is 6.07 Å². The lowest BCUT2D eigenvalue weighted by Crippen LogP contribution is -2.33. The van der Waals surface area contributed by atoms with E-state index in [1.807, 2.05) is 17.6 Å². The van der Waals surface area contributed by atoms with Gasteiger partial charge in [-0.1, -0.05) is 0 Å². The summed E-state index contributed by atoms with van der Waals surface area (Å²) >= 11 is 0. The molecule has 19 heavy (non-hydrogen) atoms. The molecule has 1 saturated heterocycles. The quantitative estimate of drug-likeness (QED) is 0.810. The van der Waals surface area contributed by atoms with Crippen LogP contribution >= 0.6 is 0 Å². The smallest absolute Gasteiger partial charge is 0.317 e. The van der Waals surface area contributed by atoms with E-state index < -0.39 is 0 Å². The molecule has 0 bridgehead atoms. The molecule has 98 valence electrons. The van der Waals surface area contributed by atoms with Crippen molar-refractivity contribution in [2.75, 3.05) is 13.1 Å². The van der Waals surface area contributed by atoms with Crippen LogP contribution in [0.3, 0.4) is 0 Å². The fraction of sp³-hybridized carbons (Fsp3) is 0.429. The van der Waals surface area contributed by atoms with E-state index in [9.17, 15) is 4.79 Å². The highest BCUT2D eigenvalue weighted by atomic mass is 16.1. The normalized spacial score (nSPS) is 16.6. The van der Waals surface area contributed by atoms with E-state index in [2.05, 4.69) is 16.4 Å². The Morgan fingerprint density at radius 3 is 2.79 bits per heavy atom. The van der Waals surface area contributed by atoms with Crippen LogP contribution in [-0.2, 0) is 0 Å². The standard InChI is InChI=1S/C14H16N4O/c1-9-6-13-12(7-10(9)8-15)17-14(19)18(13)11-2-4-16-5-3-11/h6-7,11,16H,2-5H2,1H3,(H,17,19). The first-order chi connectivity index (χ1) is 9.20. The van der Waals surface area contributed by atoms with Crippen LogP contribution in [0.5, 0.6) is 0 Å². The van der Waals surface area contributed by atoms with E-state index in [0.29, 0.717) is 5.56 Å². The Morgan fingerprint density at radius 2 is 2.11 bits per heavy atom. The van der Waals surface area contributed by atoms with Crippen molar-refractivity contribution < 1.29 is 0 Å². The summed E-state index contributed by atoms with van der Waals surface area (Å²) in [6, 6.07) is 6.11. The lowest BCUT2D eigenvalue weighted by atomic mass is 10.1. The SMILES string of the molecule is Cc1cc2c(cc1C#N)[nH]c(=O)n2C1CCNCC1. The molecule has 0 unspecified atom stereocenters. The molecular weight excluding hydrogens is 240 g/mol. The van der Waals surface area contributed by atoms with E-state index in [0.717, 1.165) is 42.5 Å². The second kappa shape index (κ2) is 4.56. The minimum atomic E-state index is -0.0728. The number of aryl methyl sites for hydroxylation is 1. The molecule has 1 fully saturated rings. The van der Waals surface area contributed by atoms with Gasteiger partial charge in [-0.2, -0.15) is 5.26 Å². The van der Waals surface area contributed by atoms with E-state index in [-0.39, 0.29) is 11.7 Å². The maximum absolute atomic E-state index is 12.2. The van der Waals surface area contributed by atoms with Gasteiger partial charge in [-0.05, 0) is 50.6 Å². The van der Waals surface area contributed by atoms with Gasteiger partial charge in [-0.15, -0.1) is 0 Å². The number of piperidine rings is 1. The zero-order valence-electron chi connectivity index (χ0n) is 10.9. The molecule has 0 atom stereocenters. The number of hydrogen-bond acceptors (Lipinski definition) is 3. The fourth-order valence-corrected chi connectivity index (χ4v) is 2.82. The third-order valence-electron chi connectivity index (χ3n) is 3.86. The number of imidazole rings is 1. The monoisotopic (exact) mass is 256 g/mol. The van der Waals surface area contributed by atoms with Gasteiger partial charge in [0.15, 0.2) is 0 Å². The van der Waals surface area contributed by atoms with Crippen molar-refractivity contribution >= 4 is 11.0 Å². The van der Waals surface area contributed by atoms with Crippen molar-refractivity contribution in [2.45, 2.75) is 25.8 Å². The summed E-state index contributed by atoms with van der Waals surface area (Å²) < 4.78 is 1.85. The average Bonchev–Trinajstić information content (AvgIpc) is 2.74. The second-order valence-corrected chi connectivity index (χ2v) is 5.08. The van der Waals surface area contributed by atoms with Crippen LogP contribution in [0.4, 0.5) is 0 Å². The van der Waals surface area contributed by atoms with Crippen molar-refractivity contribution in [2.24, 2.45) is 0 Å². The van der Waals surface area contributed by atoms with Gasteiger partial charge in [0, 0.05) is 6.04 Å². The second-order valence-electron chi connectivity index (χ2n) is 5.08. The summed E-state index contributed by atoms with van der Waals surface area (Å²) in [5.74, 6) is 0. The Balaban J connectivity index is 2.19. The van der Waals surface area contributed by atoms with Gasteiger partial charge in [0.1, 0.15) is 0 Å². The predicted octanol–water partition coefficient (Wildman–Crippen LogP) is 1.43. The highest BCUT2D eigenvalue weighted by Crippen LogP contribution is 2.24. The molecule has 0 amide bonds. The first-order valence-corrected chi connectivity index (χ1v) is 6.56. The zero-order chi connectivity index (χ0) is 13.4. The van der Waals surface area contributed by atoms with E-state index in [1.54, 1.807) is 6.07 Å². The summed E-state index contributed by atoms with van der Waals surface area (Å²) in [6.45, 7) is 3.79. The predicted molar refractivity (Wildman–Crippen MR) is 73.2 cm³/mol. The Morgan fingerprint density at radius 1 is 1.37 bits per heavy atom. The van der Waals surface area contributed by atoms with Gasteiger partial charge in [0.25, 0.3) is 0 Å². The molecule has 0 aliphatic carbocycles. The summed E-state index contributed by atoms with van der Waals surface area (Å²) in [6.07, 6.45) is 1.93. The molecule has 5 heteroatoms. The number of hydrogen-bond donors (Lipinski definition) is 2. The average molecular weight is 256 g/mol. The lowest BCUT2D eigenvalue weighted by molar-refractivity contribution is 0.368. The van der Waals surface area contributed by atoms with Crippen LogP contribution in [0.15, 0.2) is 16.9 Å². The van der Waals surface area contributed by atoms with Crippen LogP contribution in [-0.4, -0.2) is 22.6 Å². The van der Waals surface area contributed by atoms with Crippen LogP contribution in [0.2, 0.25) is 0 Å². The molecule has 1 aromatic carbocycles. The minimum absolute atomic E-state index is 0.0728. The van der Waals surface area contributed by atoms with Gasteiger partial charge >= 0.3 is 5.69 Å². The molecule has 0 saturated carbocycles. The Kier molecular flexibility index (Phi) is 2.88. The first kappa shape index (κ1) is 12.0. The third-order valence-corrected chi connectivity index (χ3v) is 3.86. The van der Waals surface area contributed by atoms with Gasteiger partial charge in [0.05, 0.1) is 22.7 Å². The highest BCUT2D eigenvalue weighted by Gasteiger charge is 2.20. The zero-order valence-corrected chi connectivity index (χ0v) is 10.9. The van der Waals surface area contributed by atoms with Crippen LogP contribution < -0.4 is 11.0 Å². The number of rotatable bonds is 1. The summed E-state index contributed by atoms with van der Waals surface area (Å²) in [4.78, 5) is 15.0. The van der Waals surface area contributed by atoms with E-state index >= 15 is 0 Å². The largest absolute Gasteiger partial charge is 0.326 e. The van der Waals surface area contributed by atoms with Crippen molar-refractivity contribution in [3.05, 3.63) is 33.7 Å². The van der Waals surface area contributed by atoms with Crippen molar-refractivity contribution in [1.82, 2.24) is 14.9 Å². The summed E-state index contributed by atoms with van der Waals surface area (Å²) in [5, 5.41) is 12.4. The molecule has 2 N–H and O–H groups in total. The Bertz CT molecular complexity index is 713. The van der Waals surface area contributed by atoms with Crippen molar-refractivity contribution in [3.63, 3.8) is 0 Å². The molecule has 2 heterocycles. The molecule has 2 aromatic rings. The molecule has 1 aliphatic heterocycles. The van der Waals surface area contributed by atoms with E-state index in [4.69, 9.17) is 5.26 Å². The van der Waals surface area contributed by atoms with Crippen LogP contribution in [0.25, 0.3) is 11.0 Å². The number of benzene rings is 1.